The number of rotatable bonds is 5. The van der Waals surface area contributed by atoms with Crippen LogP contribution in [0.5, 0.6) is 0 Å². The van der Waals surface area contributed by atoms with Crippen LogP contribution in [0.25, 0.3) is 11.2 Å². The first-order chi connectivity index (χ1) is 10.8. The predicted octanol–water partition coefficient (Wildman–Crippen LogP) is 3.00. The summed E-state index contributed by atoms with van der Waals surface area (Å²) in [5.41, 5.74) is 2.65. The number of aromatic amines is 1. The number of fused-ring (bicyclic) bond motifs is 1. The first kappa shape index (κ1) is 16.7. The van der Waals surface area contributed by atoms with Crippen LogP contribution in [0.3, 0.4) is 0 Å². The van der Waals surface area contributed by atoms with Gasteiger partial charge in [-0.05, 0) is 18.8 Å². The lowest BCUT2D eigenvalue weighted by Crippen LogP contribution is -2.19. The van der Waals surface area contributed by atoms with Crippen LogP contribution in [0.2, 0.25) is 0 Å². The SMILES string of the molecule is CC(=O)/C(C#N)=C\Cc1c[nH]c2ncc(NCC(C)(C)C)nc12. The Labute approximate surface area is 135 Å². The van der Waals surface area contributed by atoms with E-state index >= 15 is 0 Å². The number of ketones is 1. The quantitative estimate of drug-likeness (QED) is 0.654. The van der Waals surface area contributed by atoms with Gasteiger partial charge in [-0.1, -0.05) is 26.8 Å². The van der Waals surface area contributed by atoms with Crippen molar-refractivity contribution in [3.63, 3.8) is 0 Å². The van der Waals surface area contributed by atoms with E-state index in [9.17, 15) is 4.79 Å². The van der Waals surface area contributed by atoms with Crippen LogP contribution in [0.1, 0.15) is 33.3 Å². The average molecular weight is 311 g/mol. The minimum absolute atomic E-state index is 0.142. The molecule has 0 bridgehead atoms. The maximum Gasteiger partial charge on any atom is 0.169 e. The Hall–Kier alpha value is -2.68. The minimum atomic E-state index is -0.231. The zero-order chi connectivity index (χ0) is 17.0. The Morgan fingerprint density at radius 3 is 2.83 bits per heavy atom. The number of Topliss-reactive ketones (excluding diaryl/α,β-unsaturated/α-hetero) is 1. The fourth-order valence-corrected chi connectivity index (χ4v) is 2.02. The van der Waals surface area contributed by atoms with Crippen LogP contribution < -0.4 is 5.32 Å². The number of allylic oxidation sites excluding steroid dienone is 2. The van der Waals surface area contributed by atoms with E-state index in [4.69, 9.17) is 5.26 Å². The van der Waals surface area contributed by atoms with Crippen molar-refractivity contribution in [2.45, 2.75) is 34.1 Å². The minimum Gasteiger partial charge on any atom is -0.368 e. The van der Waals surface area contributed by atoms with E-state index < -0.39 is 0 Å². The van der Waals surface area contributed by atoms with Gasteiger partial charge < -0.3 is 10.3 Å². The third kappa shape index (κ3) is 4.39. The molecule has 0 unspecified atom stereocenters. The van der Waals surface area contributed by atoms with Crippen LogP contribution in [0.4, 0.5) is 5.82 Å². The summed E-state index contributed by atoms with van der Waals surface area (Å²) in [5.74, 6) is 0.482. The van der Waals surface area contributed by atoms with Crippen molar-refractivity contribution >= 4 is 22.8 Å². The highest BCUT2D eigenvalue weighted by Crippen LogP contribution is 2.19. The van der Waals surface area contributed by atoms with Crippen LogP contribution in [-0.2, 0) is 11.2 Å². The van der Waals surface area contributed by atoms with Crippen molar-refractivity contribution in [1.82, 2.24) is 15.0 Å². The standard InChI is InChI=1S/C17H21N5O/c1-11(23)12(7-18)5-6-13-8-19-16-15(13)22-14(9-20-16)21-10-17(2,3)4/h5,8-9H,6,10H2,1-4H3,(H,19,20)(H,21,22)/b12-5-. The second-order valence-electron chi connectivity index (χ2n) is 6.67. The molecule has 0 spiro atoms. The Kier molecular flexibility index (Phi) is 4.80. The van der Waals surface area contributed by atoms with Gasteiger partial charge in [-0.2, -0.15) is 5.26 Å². The molecule has 0 amide bonds. The lowest BCUT2D eigenvalue weighted by atomic mass is 9.97. The smallest absolute Gasteiger partial charge is 0.169 e. The summed E-state index contributed by atoms with van der Waals surface area (Å²) in [6, 6.07) is 1.91. The summed E-state index contributed by atoms with van der Waals surface area (Å²) >= 11 is 0. The van der Waals surface area contributed by atoms with Gasteiger partial charge >= 0.3 is 0 Å². The van der Waals surface area contributed by atoms with Crippen molar-refractivity contribution in [3.05, 3.63) is 29.6 Å². The molecular weight excluding hydrogens is 290 g/mol. The molecule has 0 aliphatic heterocycles. The van der Waals surface area contributed by atoms with E-state index in [0.29, 0.717) is 17.9 Å². The number of aromatic nitrogens is 3. The van der Waals surface area contributed by atoms with E-state index in [-0.39, 0.29) is 16.8 Å². The van der Waals surface area contributed by atoms with Gasteiger partial charge in [0.25, 0.3) is 0 Å². The molecule has 0 radical (unpaired) electrons. The number of carbonyl (C=O) groups excluding carboxylic acids is 1. The predicted molar refractivity (Wildman–Crippen MR) is 89.9 cm³/mol. The number of hydrogen-bond acceptors (Lipinski definition) is 5. The van der Waals surface area contributed by atoms with Gasteiger partial charge in [0.05, 0.1) is 11.8 Å². The topological polar surface area (TPSA) is 94.5 Å². The Bertz CT molecular complexity index is 789. The summed E-state index contributed by atoms with van der Waals surface area (Å²) in [7, 11) is 0. The van der Waals surface area contributed by atoms with Crippen LogP contribution in [0, 0.1) is 16.7 Å². The van der Waals surface area contributed by atoms with Crippen molar-refractivity contribution in [2.24, 2.45) is 5.41 Å². The number of nitrogens with zero attached hydrogens (tertiary/aromatic N) is 3. The largest absolute Gasteiger partial charge is 0.368 e. The van der Waals surface area contributed by atoms with Crippen LogP contribution in [-0.4, -0.2) is 27.3 Å². The normalized spacial score (nSPS) is 12.2. The average Bonchev–Trinajstić information content (AvgIpc) is 2.87. The zero-order valence-electron chi connectivity index (χ0n) is 13.9. The van der Waals surface area contributed by atoms with Crippen molar-refractivity contribution in [1.29, 1.82) is 5.26 Å². The highest BCUT2D eigenvalue weighted by Gasteiger charge is 2.12. The van der Waals surface area contributed by atoms with Gasteiger partial charge in [-0.15, -0.1) is 0 Å². The molecule has 6 nitrogen and oxygen atoms in total. The Morgan fingerprint density at radius 2 is 2.22 bits per heavy atom. The maximum atomic E-state index is 11.3. The molecule has 0 aliphatic carbocycles. The van der Waals surface area contributed by atoms with E-state index in [0.717, 1.165) is 17.6 Å². The van der Waals surface area contributed by atoms with Crippen molar-refractivity contribution in [2.75, 3.05) is 11.9 Å². The Balaban J connectivity index is 2.25. The molecule has 6 heteroatoms. The van der Waals surface area contributed by atoms with Crippen molar-refractivity contribution < 1.29 is 4.79 Å². The molecule has 2 rings (SSSR count). The molecule has 0 saturated carbocycles. The molecule has 0 aromatic carbocycles. The van der Waals surface area contributed by atoms with Gasteiger partial charge in [-0.3, -0.25) is 4.79 Å². The monoisotopic (exact) mass is 311 g/mol. The van der Waals surface area contributed by atoms with Gasteiger partial charge in [0.1, 0.15) is 17.4 Å². The van der Waals surface area contributed by atoms with Crippen LogP contribution >= 0.6 is 0 Å². The molecule has 0 aliphatic rings. The lowest BCUT2D eigenvalue weighted by Gasteiger charge is -2.18. The number of anilines is 1. The molecule has 0 saturated heterocycles. The van der Waals surface area contributed by atoms with Gasteiger partial charge in [-0.25, -0.2) is 9.97 Å². The summed E-state index contributed by atoms with van der Waals surface area (Å²) in [6.07, 6.45) is 5.59. The second-order valence-corrected chi connectivity index (χ2v) is 6.67. The number of carbonyl (C=O) groups is 1. The van der Waals surface area contributed by atoms with E-state index in [1.807, 2.05) is 12.3 Å². The highest BCUT2D eigenvalue weighted by atomic mass is 16.1. The molecule has 0 atom stereocenters. The lowest BCUT2D eigenvalue weighted by molar-refractivity contribution is -0.113. The zero-order valence-corrected chi connectivity index (χ0v) is 13.9. The second kappa shape index (κ2) is 6.61. The van der Waals surface area contributed by atoms with Crippen molar-refractivity contribution in [3.8, 4) is 6.07 Å². The third-order valence-corrected chi connectivity index (χ3v) is 3.29. The number of nitrogens with one attached hydrogen (secondary N) is 2. The van der Waals surface area contributed by atoms with E-state index in [1.165, 1.54) is 6.92 Å². The Morgan fingerprint density at radius 1 is 1.48 bits per heavy atom. The van der Waals surface area contributed by atoms with Gasteiger partial charge in [0.15, 0.2) is 11.4 Å². The first-order valence-corrected chi connectivity index (χ1v) is 7.48. The van der Waals surface area contributed by atoms with Gasteiger partial charge in [0, 0.05) is 18.3 Å². The molecule has 2 N–H and O–H groups in total. The highest BCUT2D eigenvalue weighted by molar-refractivity contribution is 5.97. The molecular formula is C17H21N5O. The molecule has 2 aromatic rings. The number of H-pyrrole nitrogens is 1. The maximum absolute atomic E-state index is 11.3. The fraction of sp³-hybridized carbons (Fsp3) is 0.412. The summed E-state index contributed by atoms with van der Waals surface area (Å²) in [5, 5.41) is 12.2. The number of nitriles is 1. The molecule has 23 heavy (non-hydrogen) atoms. The van der Waals surface area contributed by atoms with E-state index in [1.54, 1.807) is 12.3 Å². The molecule has 120 valence electrons. The van der Waals surface area contributed by atoms with Crippen LogP contribution in [0.15, 0.2) is 24.0 Å². The molecule has 2 aromatic heterocycles. The molecule has 2 heterocycles. The van der Waals surface area contributed by atoms with E-state index in [2.05, 4.69) is 41.0 Å². The van der Waals surface area contributed by atoms with Gasteiger partial charge in [0.2, 0.25) is 0 Å². The number of hydrogen-bond donors (Lipinski definition) is 2. The summed E-state index contributed by atoms with van der Waals surface area (Å²) < 4.78 is 0. The summed E-state index contributed by atoms with van der Waals surface area (Å²) in [6.45, 7) is 8.60. The molecule has 0 fully saturated rings. The summed E-state index contributed by atoms with van der Waals surface area (Å²) in [4.78, 5) is 23.3. The fourth-order valence-electron chi connectivity index (χ4n) is 2.02. The third-order valence-electron chi connectivity index (χ3n) is 3.29. The first-order valence-electron chi connectivity index (χ1n) is 7.48.